The quantitative estimate of drug-likeness (QED) is 0.419. The summed E-state index contributed by atoms with van der Waals surface area (Å²) in [6.45, 7) is 4.02. The Balaban J connectivity index is 3.80. The fourth-order valence-corrected chi connectivity index (χ4v) is 1.20. The second-order valence-electron chi connectivity index (χ2n) is 3.67. The van der Waals surface area contributed by atoms with Crippen LogP contribution in [0.15, 0.2) is 4.99 Å². The van der Waals surface area contributed by atoms with Gasteiger partial charge < -0.3 is 17.2 Å². The average molecular weight is 186 g/mol. The number of amidine groups is 1. The first-order valence-corrected chi connectivity index (χ1v) is 4.71. The fourth-order valence-electron chi connectivity index (χ4n) is 1.20. The van der Waals surface area contributed by atoms with Crippen LogP contribution in [0.2, 0.25) is 0 Å². The van der Waals surface area contributed by atoms with E-state index in [0.717, 1.165) is 12.8 Å². The van der Waals surface area contributed by atoms with Crippen molar-refractivity contribution in [1.29, 1.82) is 0 Å². The summed E-state index contributed by atoms with van der Waals surface area (Å²) in [5.41, 5.74) is 17.1. The van der Waals surface area contributed by atoms with E-state index in [1.807, 2.05) is 6.92 Å². The molecule has 0 saturated heterocycles. The van der Waals surface area contributed by atoms with Crippen LogP contribution in [0.1, 0.15) is 26.7 Å². The summed E-state index contributed by atoms with van der Waals surface area (Å²) in [4.78, 5) is 3.89. The maximum Gasteiger partial charge on any atom is 0.0933 e. The molecule has 0 amide bonds. The van der Waals surface area contributed by atoms with Gasteiger partial charge in [0.15, 0.2) is 0 Å². The highest BCUT2D eigenvalue weighted by Gasteiger charge is 2.16. The molecule has 0 aliphatic rings. The van der Waals surface area contributed by atoms with Gasteiger partial charge in [0.25, 0.3) is 0 Å². The van der Waals surface area contributed by atoms with E-state index in [1.165, 1.54) is 0 Å². The molecule has 0 aromatic rings. The Morgan fingerprint density at radius 1 is 1.31 bits per heavy atom. The Kier molecular flexibility index (Phi) is 5.66. The van der Waals surface area contributed by atoms with Crippen LogP contribution >= 0.6 is 0 Å². The van der Waals surface area contributed by atoms with E-state index in [9.17, 15) is 0 Å². The Morgan fingerprint density at radius 2 is 1.85 bits per heavy atom. The van der Waals surface area contributed by atoms with E-state index in [1.54, 1.807) is 7.05 Å². The van der Waals surface area contributed by atoms with Crippen molar-refractivity contribution in [2.75, 3.05) is 7.05 Å². The van der Waals surface area contributed by atoms with Crippen LogP contribution in [0, 0.1) is 5.92 Å². The highest BCUT2D eigenvalue weighted by Crippen LogP contribution is 2.10. The maximum atomic E-state index is 5.88. The molecule has 0 rings (SSSR count). The second-order valence-corrected chi connectivity index (χ2v) is 3.67. The first kappa shape index (κ1) is 12.4. The molecule has 0 aromatic heterocycles. The second kappa shape index (κ2) is 5.94. The van der Waals surface area contributed by atoms with Crippen molar-refractivity contribution < 1.29 is 0 Å². The van der Waals surface area contributed by atoms with Crippen LogP contribution < -0.4 is 17.2 Å². The number of nitrogens with zero attached hydrogens (tertiary/aromatic N) is 1. The fraction of sp³-hybridized carbons (Fsp3) is 0.889. The van der Waals surface area contributed by atoms with Crippen molar-refractivity contribution in [2.24, 2.45) is 28.1 Å². The molecule has 0 heterocycles. The Morgan fingerprint density at radius 3 is 2.23 bits per heavy atom. The van der Waals surface area contributed by atoms with Gasteiger partial charge in [-0.2, -0.15) is 0 Å². The third-order valence-corrected chi connectivity index (χ3v) is 2.41. The van der Waals surface area contributed by atoms with Crippen molar-refractivity contribution >= 4 is 5.84 Å². The zero-order valence-electron chi connectivity index (χ0n) is 8.83. The molecule has 4 heteroatoms. The lowest BCUT2D eigenvalue weighted by Gasteiger charge is -2.22. The van der Waals surface area contributed by atoms with Crippen molar-refractivity contribution in [1.82, 2.24) is 0 Å². The van der Waals surface area contributed by atoms with Gasteiger partial charge in [-0.25, -0.2) is 0 Å². The minimum absolute atomic E-state index is 0.0368. The Bertz CT molecular complexity index is 165. The van der Waals surface area contributed by atoms with Gasteiger partial charge in [0.1, 0.15) is 0 Å². The van der Waals surface area contributed by atoms with Gasteiger partial charge in [-0.15, -0.1) is 0 Å². The van der Waals surface area contributed by atoms with E-state index in [0.29, 0.717) is 11.8 Å². The molecular formula is C9H22N4. The summed E-state index contributed by atoms with van der Waals surface area (Å²) in [5, 5.41) is 0. The van der Waals surface area contributed by atoms with Gasteiger partial charge in [0, 0.05) is 25.6 Å². The number of rotatable bonds is 5. The molecule has 4 nitrogen and oxygen atoms in total. The topological polar surface area (TPSA) is 90.4 Å². The predicted octanol–water partition coefficient (Wildman–Crippen LogP) is 0.0642. The zero-order chi connectivity index (χ0) is 10.4. The van der Waals surface area contributed by atoms with Gasteiger partial charge >= 0.3 is 0 Å². The van der Waals surface area contributed by atoms with Gasteiger partial charge in [-0.3, -0.25) is 4.99 Å². The third kappa shape index (κ3) is 4.85. The highest BCUT2D eigenvalue weighted by molar-refractivity contribution is 5.80. The van der Waals surface area contributed by atoms with Gasteiger partial charge in [-0.05, 0) is 19.3 Å². The van der Waals surface area contributed by atoms with E-state index in [-0.39, 0.29) is 12.1 Å². The molecule has 0 aliphatic heterocycles. The highest BCUT2D eigenvalue weighted by atomic mass is 14.8. The molecule has 0 saturated carbocycles. The van der Waals surface area contributed by atoms with E-state index in [4.69, 9.17) is 17.2 Å². The molecule has 2 unspecified atom stereocenters. The van der Waals surface area contributed by atoms with E-state index >= 15 is 0 Å². The average Bonchev–Trinajstić information content (AvgIpc) is 2.11. The summed E-state index contributed by atoms with van der Waals surface area (Å²) >= 11 is 0. The largest absolute Gasteiger partial charge is 0.387 e. The van der Waals surface area contributed by atoms with Gasteiger partial charge in [0.05, 0.1) is 5.84 Å². The van der Waals surface area contributed by atoms with Crippen LogP contribution in [0.25, 0.3) is 0 Å². The Hall–Kier alpha value is -0.610. The smallest absolute Gasteiger partial charge is 0.0933 e. The molecular weight excluding hydrogens is 164 g/mol. The summed E-state index contributed by atoms with van der Waals surface area (Å²) in [5.74, 6) is 1.07. The zero-order valence-corrected chi connectivity index (χ0v) is 8.83. The molecule has 0 aromatic carbocycles. The van der Waals surface area contributed by atoms with E-state index in [2.05, 4.69) is 11.9 Å². The van der Waals surface area contributed by atoms with Crippen LogP contribution in [-0.4, -0.2) is 25.0 Å². The molecule has 78 valence electrons. The normalized spacial score (nSPS) is 19.6. The van der Waals surface area contributed by atoms with Crippen molar-refractivity contribution in [2.45, 2.75) is 38.8 Å². The van der Waals surface area contributed by atoms with Crippen LogP contribution in [0.4, 0.5) is 0 Å². The molecule has 0 fully saturated rings. The lowest BCUT2D eigenvalue weighted by molar-refractivity contribution is 0.388. The third-order valence-electron chi connectivity index (χ3n) is 2.41. The van der Waals surface area contributed by atoms with Crippen LogP contribution in [0.3, 0.4) is 0 Å². The van der Waals surface area contributed by atoms with Gasteiger partial charge in [0.2, 0.25) is 0 Å². The molecule has 3 atom stereocenters. The maximum absolute atomic E-state index is 5.88. The minimum atomic E-state index is 0.0368. The molecule has 6 N–H and O–H groups in total. The molecule has 13 heavy (non-hydrogen) atoms. The minimum Gasteiger partial charge on any atom is -0.387 e. The number of aliphatic imine (C=N–C) groups is 1. The number of nitrogens with two attached hydrogens (primary N) is 3. The summed E-state index contributed by atoms with van der Waals surface area (Å²) in [6, 6.07) is 0.0828. The Labute approximate surface area is 80.6 Å². The number of hydrogen-bond acceptors (Lipinski definition) is 3. The molecule has 0 spiro atoms. The van der Waals surface area contributed by atoms with Gasteiger partial charge in [-0.1, -0.05) is 6.92 Å². The summed E-state index contributed by atoms with van der Waals surface area (Å²) in [7, 11) is 1.70. The SMILES string of the molecule is C/N=C(\N)CCC(C)[C@@H](N)C(C)N. The summed E-state index contributed by atoms with van der Waals surface area (Å²) in [6.07, 6.45) is 1.75. The van der Waals surface area contributed by atoms with Crippen molar-refractivity contribution in [3.63, 3.8) is 0 Å². The monoisotopic (exact) mass is 186 g/mol. The van der Waals surface area contributed by atoms with Crippen molar-refractivity contribution in [3.05, 3.63) is 0 Å². The standard InChI is InChI=1S/C9H22N4/c1-6(9(12)7(2)10)4-5-8(11)13-3/h6-7,9H,4-5,10,12H2,1-3H3,(H2,11,13)/t6?,7?,9-/m1/s1. The van der Waals surface area contributed by atoms with Crippen LogP contribution in [0.5, 0.6) is 0 Å². The van der Waals surface area contributed by atoms with E-state index < -0.39 is 0 Å². The van der Waals surface area contributed by atoms with Crippen molar-refractivity contribution in [3.8, 4) is 0 Å². The number of hydrogen-bond donors (Lipinski definition) is 3. The predicted molar refractivity (Wildman–Crippen MR) is 57.6 cm³/mol. The molecule has 0 bridgehead atoms. The first-order valence-electron chi connectivity index (χ1n) is 4.71. The lowest BCUT2D eigenvalue weighted by Crippen LogP contribution is -2.43. The summed E-state index contributed by atoms with van der Waals surface area (Å²) < 4.78 is 0. The molecule has 0 aliphatic carbocycles. The lowest BCUT2D eigenvalue weighted by atomic mass is 9.93. The first-order chi connectivity index (χ1) is 5.99. The van der Waals surface area contributed by atoms with Crippen LogP contribution in [-0.2, 0) is 0 Å². The molecule has 0 radical (unpaired) electrons.